The van der Waals surface area contributed by atoms with Gasteiger partial charge < -0.3 is 4.90 Å². The summed E-state index contributed by atoms with van der Waals surface area (Å²) in [7, 11) is 0. The summed E-state index contributed by atoms with van der Waals surface area (Å²) < 4.78 is 0. The second kappa shape index (κ2) is 7.86. The van der Waals surface area contributed by atoms with Crippen molar-refractivity contribution in [1.82, 2.24) is 4.90 Å². The maximum absolute atomic E-state index is 13.2. The van der Waals surface area contributed by atoms with E-state index < -0.39 is 0 Å². The Balaban J connectivity index is 2.29. The van der Waals surface area contributed by atoms with Crippen molar-refractivity contribution in [2.75, 3.05) is 6.54 Å². The third-order valence-electron chi connectivity index (χ3n) is 4.57. The van der Waals surface area contributed by atoms with E-state index in [4.69, 9.17) is 0 Å². The highest BCUT2D eigenvalue weighted by atomic mass is 16.2. The summed E-state index contributed by atoms with van der Waals surface area (Å²) >= 11 is 0. The molecule has 134 valence electrons. The molecule has 1 unspecified atom stereocenters. The Labute approximate surface area is 152 Å². The first-order valence-electron chi connectivity index (χ1n) is 9.16. The first kappa shape index (κ1) is 19.2. The zero-order chi connectivity index (χ0) is 18.6. The van der Waals surface area contributed by atoms with Crippen LogP contribution >= 0.6 is 0 Å². The highest BCUT2D eigenvalue weighted by Gasteiger charge is 2.24. The Hall–Kier alpha value is -2.09. The molecule has 0 aliphatic heterocycles. The maximum Gasteiger partial charge on any atom is 0.254 e. The van der Waals surface area contributed by atoms with Crippen LogP contribution in [0.15, 0.2) is 54.6 Å². The average molecular weight is 338 g/mol. The van der Waals surface area contributed by atoms with Gasteiger partial charge in [-0.05, 0) is 41.5 Å². The average Bonchev–Trinajstić information content (AvgIpc) is 2.58. The Morgan fingerprint density at radius 3 is 1.96 bits per heavy atom. The molecule has 2 heteroatoms. The van der Waals surface area contributed by atoms with E-state index in [1.807, 2.05) is 35.2 Å². The van der Waals surface area contributed by atoms with Crippen molar-refractivity contribution in [3.8, 4) is 0 Å². The van der Waals surface area contributed by atoms with Gasteiger partial charge in [0.1, 0.15) is 0 Å². The zero-order valence-electron chi connectivity index (χ0n) is 16.4. The van der Waals surface area contributed by atoms with Gasteiger partial charge in [0.25, 0.3) is 5.91 Å². The standard InChI is InChI=1S/C23H31NO/c1-17(2)16-24(18(3)19-10-8-7-9-11-19)22(25)20-12-14-21(15-13-20)23(4,5)6/h7-15,17-18H,16H2,1-6H3. The molecule has 0 saturated carbocycles. The van der Waals surface area contributed by atoms with Gasteiger partial charge in [-0.1, -0.05) is 77.1 Å². The fourth-order valence-electron chi connectivity index (χ4n) is 3.00. The lowest BCUT2D eigenvalue weighted by molar-refractivity contribution is 0.0665. The number of benzene rings is 2. The SMILES string of the molecule is CC(C)CN(C(=O)c1ccc(C(C)(C)C)cc1)C(C)c1ccccc1. The van der Waals surface area contributed by atoms with E-state index in [9.17, 15) is 4.79 Å². The van der Waals surface area contributed by atoms with Crippen molar-refractivity contribution in [2.24, 2.45) is 5.92 Å². The Bertz CT molecular complexity index is 680. The molecule has 1 amide bonds. The largest absolute Gasteiger partial charge is 0.332 e. The van der Waals surface area contributed by atoms with E-state index in [0.717, 1.165) is 12.1 Å². The number of hydrogen-bond acceptors (Lipinski definition) is 1. The second-order valence-electron chi connectivity index (χ2n) is 8.27. The first-order chi connectivity index (χ1) is 11.7. The van der Waals surface area contributed by atoms with Gasteiger partial charge in [0, 0.05) is 12.1 Å². The molecule has 0 aliphatic rings. The summed E-state index contributed by atoms with van der Waals surface area (Å²) in [4.78, 5) is 15.2. The van der Waals surface area contributed by atoms with Crippen LogP contribution in [0.1, 0.15) is 69.1 Å². The monoisotopic (exact) mass is 337 g/mol. The minimum atomic E-state index is 0.0541. The normalized spacial score (nSPS) is 12.9. The fraction of sp³-hybridized carbons (Fsp3) is 0.435. The topological polar surface area (TPSA) is 20.3 Å². The Morgan fingerprint density at radius 2 is 1.48 bits per heavy atom. The van der Waals surface area contributed by atoms with Gasteiger partial charge in [0.15, 0.2) is 0 Å². The van der Waals surface area contributed by atoms with Crippen molar-refractivity contribution < 1.29 is 4.79 Å². The van der Waals surface area contributed by atoms with Crippen molar-refractivity contribution in [3.63, 3.8) is 0 Å². The van der Waals surface area contributed by atoms with Crippen molar-refractivity contribution in [3.05, 3.63) is 71.3 Å². The van der Waals surface area contributed by atoms with E-state index in [0.29, 0.717) is 5.92 Å². The van der Waals surface area contributed by atoms with Crippen molar-refractivity contribution >= 4 is 5.91 Å². The minimum absolute atomic E-state index is 0.0541. The van der Waals surface area contributed by atoms with Crippen LogP contribution in [-0.2, 0) is 5.41 Å². The van der Waals surface area contributed by atoms with Crippen molar-refractivity contribution in [1.29, 1.82) is 0 Å². The number of carbonyl (C=O) groups is 1. The van der Waals surface area contributed by atoms with Gasteiger partial charge in [-0.2, -0.15) is 0 Å². The van der Waals surface area contributed by atoms with Crippen LogP contribution in [0.2, 0.25) is 0 Å². The maximum atomic E-state index is 13.2. The third kappa shape index (κ3) is 4.94. The third-order valence-corrected chi connectivity index (χ3v) is 4.57. The van der Waals surface area contributed by atoms with E-state index in [-0.39, 0.29) is 17.4 Å². The molecule has 1 atom stereocenters. The van der Waals surface area contributed by atoms with Gasteiger partial charge in [-0.3, -0.25) is 4.79 Å². The molecule has 0 heterocycles. The van der Waals surface area contributed by atoms with Crippen LogP contribution < -0.4 is 0 Å². The van der Waals surface area contributed by atoms with Crippen LogP contribution in [0.5, 0.6) is 0 Å². The molecule has 0 fully saturated rings. The van der Waals surface area contributed by atoms with Crippen LogP contribution in [0.3, 0.4) is 0 Å². The van der Waals surface area contributed by atoms with Gasteiger partial charge in [-0.15, -0.1) is 0 Å². The minimum Gasteiger partial charge on any atom is -0.332 e. The fourth-order valence-corrected chi connectivity index (χ4v) is 3.00. The second-order valence-corrected chi connectivity index (χ2v) is 8.27. The summed E-state index contributed by atoms with van der Waals surface area (Å²) in [5.41, 5.74) is 3.27. The lowest BCUT2D eigenvalue weighted by Crippen LogP contribution is -2.36. The van der Waals surface area contributed by atoms with Crippen LogP contribution in [0.25, 0.3) is 0 Å². The molecule has 2 nitrogen and oxygen atoms in total. The summed E-state index contributed by atoms with van der Waals surface area (Å²) in [5, 5.41) is 0. The summed E-state index contributed by atoms with van der Waals surface area (Å²) in [6.45, 7) is 13.7. The number of carbonyl (C=O) groups excluding carboxylic acids is 1. The first-order valence-corrected chi connectivity index (χ1v) is 9.16. The van der Waals surface area contributed by atoms with E-state index in [2.05, 4.69) is 65.8 Å². The summed E-state index contributed by atoms with van der Waals surface area (Å²) in [6, 6.07) is 18.4. The van der Waals surface area contributed by atoms with E-state index in [1.54, 1.807) is 0 Å². The molecule has 25 heavy (non-hydrogen) atoms. The number of amides is 1. The molecule has 0 spiro atoms. The predicted octanol–water partition coefficient (Wildman–Crippen LogP) is 5.84. The van der Waals surface area contributed by atoms with E-state index in [1.165, 1.54) is 11.1 Å². The van der Waals surface area contributed by atoms with Crippen LogP contribution in [-0.4, -0.2) is 17.4 Å². The molecular formula is C23H31NO. The number of rotatable bonds is 5. The molecule has 0 radical (unpaired) electrons. The zero-order valence-corrected chi connectivity index (χ0v) is 16.4. The number of hydrogen-bond donors (Lipinski definition) is 0. The lowest BCUT2D eigenvalue weighted by Gasteiger charge is -2.31. The van der Waals surface area contributed by atoms with Gasteiger partial charge in [0.05, 0.1) is 6.04 Å². The Morgan fingerprint density at radius 1 is 0.920 bits per heavy atom. The van der Waals surface area contributed by atoms with E-state index >= 15 is 0 Å². The van der Waals surface area contributed by atoms with Gasteiger partial charge in [-0.25, -0.2) is 0 Å². The molecule has 0 aromatic heterocycles. The molecule has 2 aromatic carbocycles. The lowest BCUT2D eigenvalue weighted by atomic mass is 9.86. The van der Waals surface area contributed by atoms with Gasteiger partial charge in [0.2, 0.25) is 0 Å². The molecule has 2 rings (SSSR count). The molecular weight excluding hydrogens is 306 g/mol. The van der Waals surface area contributed by atoms with Crippen molar-refractivity contribution in [2.45, 2.75) is 53.0 Å². The Kier molecular flexibility index (Phi) is 6.05. The smallest absolute Gasteiger partial charge is 0.254 e. The predicted molar refractivity (Wildman–Crippen MR) is 106 cm³/mol. The van der Waals surface area contributed by atoms with Crippen LogP contribution in [0.4, 0.5) is 0 Å². The molecule has 0 bridgehead atoms. The number of nitrogens with zero attached hydrogens (tertiary/aromatic N) is 1. The molecule has 0 N–H and O–H groups in total. The highest BCUT2D eigenvalue weighted by molar-refractivity contribution is 5.94. The quantitative estimate of drug-likeness (QED) is 0.671. The summed E-state index contributed by atoms with van der Waals surface area (Å²) in [5.74, 6) is 0.523. The molecule has 2 aromatic rings. The van der Waals surface area contributed by atoms with Gasteiger partial charge >= 0.3 is 0 Å². The molecule has 0 saturated heterocycles. The molecule has 0 aliphatic carbocycles. The summed E-state index contributed by atoms with van der Waals surface area (Å²) in [6.07, 6.45) is 0. The highest BCUT2D eigenvalue weighted by Crippen LogP contribution is 2.26. The van der Waals surface area contributed by atoms with Crippen LogP contribution in [0, 0.1) is 5.92 Å².